The van der Waals surface area contributed by atoms with Gasteiger partial charge in [-0.3, -0.25) is 9.89 Å². The van der Waals surface area contributed by atoms with Crippen LogP contribution in [0.1, 0.15) is 37.3 Å². The maximum atomic E-state index is 12.3. The van der Waals surface area contributed by atoms with E-state index in [0.717, 1.165) is 32.5 Å². The molecule has 18 heavy (non-hydrogen) atoms. The molecule has 0 aliphatic carbocycles. The molecule has 0 bridgehead atoms. The molecule has 0 atom stereocenters. The van der Waals surface area contributed by atoms with Crippen molar-refractivity contribution in [3.05, 3.63) is 12.2 Å². The van der Waals surface area contributed by atoms with Gasteiger partial charge in [0.05, 0.1) is 0 Å². The molecule has 0 spiro atoms. The van der Waals surface area contributed by atoms with Gasteiger partial charge in [0, 0.05) is 12.6 Å². The molecule has 0 unspecified atom stereocenters. The SMILES string of the molecule is CC(C)N(CC1CCNCC1)C(=O)c1ncn[nH]1. The number of hydrogen-bond acceptors (Lipinski definition) is 4. The molecule has 2 N–H and O–H groups in total. The minimum absolute atomic E-state index is 0.0546. The first-order chi connectivity index (χ1) is 8.68. The minimum Gasteiger partial charge on any atom is -0.333 e. The molecule has 1 aromatic heterocycles. The number of nitrogens with zero attached hydrogens (tertiary/aromatic N) is 3. The minimum atomic E-state index is -0.0546. The number of rotatable bonds is 4. The highest BCUT2D eigenvalue weighted by molar-refractivity contribution is 5.90. The third kappa shape index (κ3) is 3.07. The van der Waals surface area contributed by atoms with E-state index in [0.29, 0.717) is 11.7 Å². The molecule has 2 rings (SSSR count). The van der Waals surface area contributed by atoms with Crippen LogP contribution in [-0.4, -0.2) is 51.7 Å². The average molecular weight is 251 g/mol. The molecule has 6 nitrogen and oxygen atoms in total. The number of hydrogen-bond donors (Lipinski definition) is 2. The van der Waals surface area contributed by atoms with Gasteiger partial charge in [0.15, 0.2) is 0 Å². The van der Waals surface area contributed by atoms with E-state index in [4.69, 9.17) is 0 Å². The summed E-state index contributed by atoms with van der Waals surface area (Å²) in [5.41, 5.74) is 0. The van der Waals surface area contributed by atoms with Crippen LogP contribution in [0.15, 0.2) is 6.33 Å². The summed E-state index contributed by atoms with van der Waals surface area (Å²) in [7, 11) is 0. The maximum Gasteiger partial charge on any atom is 0.291 e. The number of amides is 1. The molecule has 0 aromatic carbocycles. The van der Waals surface area contributed by atoms with E-state index in [2.05, 4.69) is 20.5 Å². The molecule has 100 valence electrons. The molecule has 1 fully saturated rings. The van der Waals surface area contributed by atoms with Crippen molar-refractivity contribution in [2.24, 2.45) is 5.92 Å². The number of carbonyl (C=O) groups excluding carboxylic acids is 1. The Kier molecular flexibility index (Phi) is 4.30. The average Bonchev–Trinajstić information content (AvgIpc) is 2.90. The van der Waals surface area contributed by atoms with E-state index in [1.54, 1.807) is 0 Å². The van der Waals surface area contributed by atoms with E-state index < -0.39 is 0 Å². The van der Waals surface area contributed by atoms with Crippen molar-refractivity contribution in [2.45, 2.75) is 32.7 Å². The Morgan fingerprint density at radius 3 is 2.78 bits per heavy atom. The van der Waals surface area contributed by atoms with Crippen LogP contribution in [-0.2, 0) is 0 Å². The molecule has 1 aliphatic rings. The van der Waals surface area contributed by atoms with Gasteiger partial charge in [0.25, 0.3) is 5.91 Å². The predicted molar refractivity (Wildman–Crippen MR) is 68.1 cm³/mol. The van der Waals surface area contributed by atoms with Gasteiger partial charge in [0.2, 0.25) is 5.82 Å². The van der Waals surface area contributed by atoms with Crippen molar-refractivity contribution in [1.29, 1.82) is 0 Å². The highest BCUT2D eigenvalue weighted by Gasteiger charge is 2.25. The van der Waals surface area contributed by atoms with Crippen LogP contribution >= 0.6 is 0 Å². The standard InChI is InChI=1S/C12H21N5O/c1-9(2)17(7-10-3-5-13-6-4-10)12(18)11-14-8-15-16-11/h8-10,13H,3-7H2,1-2H3,(H,14,15,16). The summed E-state index contributed by atoms with van der Waals surface area (Å²) in [5, 5.41) is 9.73. The lowest BCUT2D eigenvalue weighted by atomic mass is 9.97. The van der Waals surface area contributed by atoms with Crippen LogP contribution in [0.4, 0.5) is 0 Å². The second-order valence-corrected chi connectivity index (χ2v) is 5.08. The predicted octanol–water partition coefficient (Wildman–Crippen LogP) is 0.655. The normalized spacial score (nSPS) is 17.1. The molecule has 1 aliphatic heterocycles. The molecule has 2 heterocycles. The molecule has 0 radical (unpaired) electrons. The lowest BCUT2D eigenvalue weighted by Gasteiger charge is -2.32. The lowest BCUT2D eigenvalue weighted by molar-refractivity contribution is 0.0646. The summed E-state index contributed by atoms with van der Waals surface area (Å²) in [6.45, 7) is 6.98. The third-order valence-corrected chi connectivity index (χ3v) is 3.42. The maximum absolute atomic E-state index is 12.3. The second kappa shape index (κ2) is 5.95. The van der Waals surface area contributed by atoms with Crippen molar-refractivity contribution in [1.82, 2.24) is 25.4 Å². The summed E-state index contributed by atoms with van der Waals surface area (Å²) < 4.78 is 0. The number of H-pyrrole nitrogens is 1. The molecular formula is C12H21N5O. The number of piperidine rings is 1. The number of carbonyl (C=O) groups is 1. The van der Waals surface area contributed by atoms with Gasteiger partial charge in [-0.1, -0.05) is 0 Å². The van der Waals surface area contributed by atoms with Gasteiger partial charge in [-0.05, 0) is 45.7 Å². The number of aromatic amines is 1. The molecule has 1 aromatic rings. The van der Waals surface area contributed by atoms with Crippen LogP contribution < -0.4 is 5.32 Å². The number of nitrogens with one attached hydrogen (secondary N) is 2. The summed E-state index contributed by atoms with van der Waals surface area (Å²) in [5.74, 6) is 0.860. The monoisotopic (exact) mass is 251 g/mol. The first kappa shape index (κ1) is 13.0. The summed E-state index contributed by atoms with van der Waals surface area (Å²) >= 11 is 0. The van der Waals surface area contributed by atoms with Crippen molar-refractivity contribution >= 4 is 5.91 Å². The van der Waals surface area contributed by atoms with Gasteiger partial charge in [-0.25, -0.2) is 4.98 Å². The Morgan fingerprint density at radius 1 is 1.50 bits per heavy atom. The fraction of sp³-hybridized carbons (Fsp3) is 0.750. The van der Waals surface area contributed by atoms with E-state index in [1.807, 2.05) is 18.7 Å². The Balaban J connectivity index is 2.01. The molecular weight excluding hydrogens is 230 g/mol. The zero-order valence-electron chi connectivity index (χ0n) is 11.0. The van der Waals surface area contributed by atoms with Crippen molar-refractivity contribution < 1.29 is 4.79 Å². The molecule has 6 heteroatoms. The zero-order valence-corrected chi connectivity index (χ0v) is 11.0. The van der Waals surface area contributed by atoms with Crippen LogP contribution in [0.2, 0.25) is 0 Å². The summed E-state index contributed by atoms with van der Waals surface area (Å²) in [4.78, 5) is 18.1. The fourth-order valence-electron chi connectivity index (χ4n) is 2.32. The second-order valence-electron chi connectivity index (χ2n) is 5.08. The Bertz CT molecular complexity index is 370. The Hall–Kier alpha value is -1.43. The summed E-state index contributed by atoms with van der Waals surface area (Å²) in [6, 6.07) is 0.178. The van der Waals surface area contributed by atoms with Gasteiger partial charge in [-0.15, -0.1) is 0 Å². The van der Waals surface area contributed by atoms with E-state index in [9.17, 15) is 4.79 Å². The summed E-state index contributed by atoms with van der Waals surface area (Å²) in [6.07, 6.45) is 3.63. The molecule has 1 saturated heterocycles. The molecule has 1 amide bonds. The van der Waals surface area contributed by atoms with Crippen molar-refractivity contribution in [3.63, 3.8) is 0 Å². The highest BCUT2D eigenvalue weighted by atomic mass is 16.2. The van der Waals surface area contributed by atoms with Gasteiger partial charge in [-0.2, -0.15) is 5.10 Å². The molecule has 0 saturated carbocycles. The van der Waals surface area contributed by atoms with Gasteiger partial charge < -0.3 is 10.2 Å². The van der Waals surface area contributed by atoms with Crippen LogP contribution in [0.3, 0.4) is 0 Å². The zero-order chi connectivity index (χ0) is 13.0. The quantitative estimate of drug-likeness (QED) is 0.824. The first-order valence-electron chi connectivity index (χ1n) is 6.55. The third-order valence-electron chi connectivity index (χ3n) is 3.42. The van der Waals surface area contributed by atoms with E-state index >= 15 is 0 Å². The topological polar surface area (TPSA) is 73.9 Å². The number of aromatic nitrogens is 3. The van der Waals surface area contributed by atoms with Gasteiger partial charge in [0.1, 0.15) is 6.33 Å². The highest BCUT2D eigenvalue weighted by Crippen LogP contribution is 2.16. The smallest absolute Gasteiger partial charge is 0.291 e. The largest absolute Gasteiger partial charge is 0.333 e. The van der Waals surface area contributed by atoms with E-state index in [-0.39, 0.29) is 11.9 Å². The van der Waals surface area contributed by atoms with Crippen LogP contribution in [0, 0.1) is 5.92 Å². The van der Waals surface area contributed by atoms with Crippen molar-refractivity contribution in [2.75, 3.05) is 19.6 Å². The lowest BCUT2D eigenvalue weighted by Crippen LogP contribution is -2.43. The first-order valence-corrected chi connectivity index (χ1v) is 6.55. The fourth-order valence-corrected chi connectivity index (χ4v) is 2.32. The van der Waals surface area contributed by atoms with E-state index in [1.165, 1.54) is 6.33 Å². The Morgan fingerprint density at radius 2 is 2.22 bits per heavy atom. The van der Waals surface area contributed by atoms with Crippen LogP contribution in [0.5, 0.6) is 0 Å². The Labute approximate surface area is 107 Å². The van der Waals surface area contributed by atoms with Crippen LogP contribution in [0.25, 0.3) is 0 Å². The van der Waals surface area contributed by atoms with Gasteiger partial charge >= 0.3 is 0 Å². The van der Waals surface area contributed by atoms with Crippen molar-refractivity contribution in [3.8, 4) is 0 Å².